The minimum Gasteiger partial charge on any atom is -0.398 e. The van der Waals surface area contributed by atoms with E-state index in [1.807, 2.05) is 0 Å². The third-order valence-electron chi connectivity index (χ3n) is 3.42. The van der Waals surface area contributed by atoms with Gasteiger partial charge in [0.15, 0.2) is 0 Å². The van der Waals surface area contributed by atoms with Crippen LogP contribution in [0.4, 0.5) is 5.69 Å². The van der Waals surface area contributed by atoms with Crippen molar-refractivity contribution in [3.05, 3.63) is 23.9 Å². The molecule has 1 aliphatic rings. The summed E-state index contributed by atoms with van der Waals surface area (Å²) < 4.78 is 0. The van der Waals surface area contributed by atoms with E-state index in [1.165, 1.54) is 0 Å². The number of piperidine rings is 1. The number of aromatic amines is 1. The lowest BCUT2D eigenvalue weighted by Crippen LogP contribution is -2.52. The summed E-state index contributed by atoms with van der Waals surface area (Å²) in [5, 5.41) is 12.1. The fraction of sp³-hybridized carbons (Fsp3) is 0.231. The zero-order chi connectivity index (χ0) is 15.0. The summed E-state index contributed by atoms with van der Waals surface area (Å²) >= 11 is 0. The molecule has 1 fully saturated rings. The van der Waals surface area contributed by atoms with E-state index >= 15 is 0 Å². The van der Waals surface area contributed by atoms with E-state index in [-0.39, 0.29) is 30.0 Å². The summed E-state index contributed by atoms with van der Waals surface area (Å²) in [5.74, 6) is -1.31. The monoisotopic (exact) mass is 287 g/mol. The van der Waals surface area contributed by atoms with E-state index in [0.29, 0.717) is 5.52 Å². The number of carbonyl (C=O) groups is 3. The Balaban J connectivity index is 1.87. The Kier molecular flexibility index (Phi) is 3.05. The summed E-state index contributed by atoms with van der Waals surface area (Å²) in [6, 6.07) is 2.61. The van der Waals surface area contributed by atoms with Crippen LogP contribution in [0.2, 0.25) is 0 Å². The molecule has 3 amide bonds. The van der Waals surface area contributed by atoms with Crippen molar-refractivity contribution >= 4 is 34.3 Å². The number of nitrogens with zero attached hydrogens (tertiary/aromatic N) is 1. The molecular weight excluding hydrogens is 274 g/mol. The highest BCUT2D eigenvalue weighted by Crippen LogP contribution is 2.22. The van der Waals surface area contributed by atoms with E-state index in [0.717, 1.165) is 5.39 Å². The standard InChI is InChI=1S/C13H13N5O3/c14-7-2-1-6-5-15-18-11(6)10(7)13(21)16-8-3-4-9(19)17-12(8)20/h1-2,5,8H,3-4,14H2,(H,15,18)(H,16,21)(H,17,19,20). The first-order valence-corrected chi connectivity index (χ1v) is 6.42. The second-order valence-corrected chi connectivity index (χ2v) is 4.84. The summed E-state index contributed by atoms with van der Waals surface area (Å²) in [7, 11) is 0. The zero-order valence-corrected chi connectivity index (χ0v) is 11.0. The molecule has 1 aliphatic heterocycles. The number of nitrogens with two attached hydrogens (primary N) is 1. The lowest BCUT2D eigenvalue weighted by Gasteiger charge is -2.22. The maximum Gasteiger partial charge on any atom is 0.256 e. The lowest BCUT2D eigenvalue weighted by atomic mass is 10.0. The third kappa shape index (κ3) is 2.31. The van der Waals surface area contributed by atoms with E-state index < -0.39 is 17.9 Å². The Morgan fingerprint density at radius 2 is 2.19 bits per heavy atom. The predicted molar refractivity (Wildman–Crippen MR) is 74.1 cm³/mol. The Hall–Kier alpha value is -2.90. The van der Waals surface area contributed by atoms with Gasteiger partial charge in [-0.2, -0.15) is 5.10 Å². The summed E-state index contributed by atoms with van der Waals surface area (Å²) in [6.45, 7) is 0. The number of aromatic nitrogens is 2. The average molecular weight is 287 g/mol. The van der Waals surface area contributed by atoms with Crippen LogP contribution >= 0.6 is 0 Å². The SMILES string of the molecule is Nc1ccc2cn[nH]c2c1C(=O)NC1CCC(=O)NC1=O. The molecule has 0 aliphatic carbocycles. The van der Waals surface area contributed by atoms with Gasteiger partial charge in [0.25, 0.3) is 5.91 Å². The van der Waals surface area contributed by atoms with Gasteiger partial charge in [-0.1, -0.05) is 0 Å². The van der Waals surface area contributed by atoms with Crippen molar-refractivity contribution in [3.8, 4) is 0 Å². The van der Waals surface area contributed by atoms with Crippen LogP contribution in [0.1, 0.15) is 23.2 Å². The van der Waals surface area contributed by atoms with Gasteiger partial charge in [0.05, 0.1) is 17.3 Å². The Bertz CT molecular complexity index is 751. The van der Waals surface area contributed by atoms with Gasteiger partial charge in [0.2, 0.25) is 11.8 Å². The summed E-state index contributed by atoms with van der Waals surface area (Å²) in [6.07, 6.45) is 2.05. The van der Waals surface area contributed by atoms with Gasteiger partial charge in [0, 0.05) is 17.5 Å². The van der Waals surface area contributed by atoms with Gasteiger partial charge in [-0.05, 0) is 18.6 Å². The minimum absolute atomic E-state index is 0.195. The molecule has 0 spiro atoms. The second kappa shape index (κ2) is 4.89. The maximum atomic E-state index is 12.4. The molecule has 108 valence electrons. The van der Waals surface area contributed by atoms with Crippen LogP contribution in [-0.4, -0.2) is 34.0 Å². The van der Waals surface area contributed by atoms with Gasteiger partial charge < -0.3 is 11.1 Å². The number of amides is 3. The van der Waals surface area contributed by atoms with Crippen LogP contribution in [0.3, 0.4) is 0 Å². The van der Waals surface area contributed by atoms with E-state index in [2.05, 4.69) is 20.8 Å². The number of fused-ring (bicyclic) bond motifs is 1. The summed E-state index contributed by atoms with van der Waals surface area (Å²) in [4.78, 5) is 35.1. The molecule has 8 heteroatoms. The molecule has 1 unspecified atom stereocenters. The van der Waals surface area contributed by atoms with Crippen molar-refractivity contribution in [2.45, 2.75) is 18.9 Å². The van der Waals surface area contributed by atoms with Crippen LogP contribution in [0.25, 0.3) is 10.9 Å². The number of benzene rings is 1. The van der Waals surface area contributed by atoms with E-state index in [1.54, 1.807) is 18.3 Å². The Labute approximate surface area is 119 Å². The van der Waals surface area contributed by atoms with Crippen LogP contribution in [-0.2, 0) is 9.59 Å². The number of nitrogen functional groups attached to an aromatic ring is 1. The molecule has 5 N–H and O–H groups in total. The minimum atomic E-state index is -0.743. The molecule has 21 heavy (non-hydrogen) atoms. The van der Waals surface area contributed by atoms with Crippen molar-refractivity contribution in [1.29, 1.82) is 0 Å². The van der Waals surface area contributed by atoms with Crippen LogP contribution < -0.4 is 16.4 Å². The van der Waals surface area contributed by atoms with Crippen molar-refractivity contribution < 1.29 is 14.4 Å². The largest absolute Gasteiger partial charge is 0.398 e. The van der Waals surface area contributed by atoms with Crippen molar-refractivity contribution in [1.82, 2.24) is 20.8 Å². The fourth-order valence-electron chi connectivity index (χ4n) is 2.34. The quantitative estimate of drug-likeness (QED) is 0.444. The summed E-state index contributed by atoms with van der Waals surface area (Å²) in [5.41, 5.74) is 6.89. The molecule has 3 rings (SSSR count). The van der Waals surface area contributed by atoms with Crippen LogP contribution in [0.5, 0.6) is 0 Å². The molecular formula is C13H13N5O3. The molecule has 1 aromatic heterocycles. The molecule has 1 saturated heterocycles. The van der Waals surface area contributed by atoms with Crippen molar-refractivity contribution in [2.24, 2.45) is 0 Å². The highest BCUT2D eigenvalue weighted by Gasteiger charge is 2.29. The zero-order valence-electron chi connectivity index (χ0n) is 11.0. The van der Waals surface area contributed by atoms with Gasteiger partial charge in [-0.3, -0.25) is 24.8 Å². The first-order valence-electron chi connectivity index (χ1n) is 6.42. The topological polar surface area (TPSA) is 130 Å². The number of H-pyrrole nitrogens is 1. The molecule has 2 aromatic rings. The van der Waals surface area contributed by atoms with Crippen molar-refractivity contribution in [3.63, 3.8) is 0 Å². The van der Waals surface area contributed by atoms with Gasteiger partial charge in [-0.15, -0.1) is 0 Å². The first kappa shape index (κ1) is 13.1. The molecule has 1 aromatic carbocycles. The second-order valence-electron chi connectivity index (χ2n) is 4.84. The van der Waals surface area contributed by atoms with Gasteiger partial charge in [-0.25, -0.2) is 0 Å². The molecule has 2 heterocycles. The predicted octanol–water partition coefficient (Wildman–Crippen LogP) is -0.320. The number of anilines is 1. The number of rotatable bonds is 2. The number of hydrogen-bond donors (Lipinski definition) is 4. The average Bonchev–Trinajstić information content (AvgIpc) is 2.89. The smallest absolute Gasteiger partial charge is 0.256 e. The number of hydrogen-bond acceptors (Lipinski definition) is 5. The first-order chi connectivity index (χ1) is 10.1. The Morgan fingerprint density at radius 1 is 1.38 bits per heavy atom. The Morgan fingerprint density at radius 3 is 2.95 bits per heavy atom. The molecule has 0 bridgehead atoms. The molecule has 0 radical (unpaired) electrons. The van der Waals surface area contributed by atoms with Gasteiger partial charge >= 0.3 is 0 Å². The van der Waals surface area contributed by atoms with E-state index in [9.17, 15) is 14.4 Å². The highest BCUT2D eigenvalue weighted by molar-refractivity contribution is 6.11. The normalized spacial score (nSPS) is 18.6. The number of nitrogens with one attached hydrogen (secondary N) is 3. The third-order valence-corrected chi connectivity index (χ3v) is 3.42. The van der Waals surface area contributed by atoms with Crippen LogP contribution in [0.15, 0.2) is 18.3 Å². The van der Waals surface area contributed by atoms with Gasteiger partial charge in [0.1, 0.15) is 6.04 Å². The fourth-order valence-corrected chi connectivity index (χ4v) is 2.34. The van der Waals surface area contributed by atoms with Crippen molar-refractivity contribution in [2.75, 3.05) is 5.73 Å². The highest BCUT2D eigenvalue weighted by atomic mass is 16.2. The maximum absolute atomic E-state index is 12.4. The molecule has 0 saturated carbocycles. The lowest BCUT2D eigenvalue weighted by molar-refractivity contribution is -0.134. The molecule has 8 nitrogen and oxygen atoms in total. The van der Waals surface area contributed by atoms with Crippen LogP contribution in [0, 0.1) is 0 Å². The number of carbonyl (C=O) groups excluding carboxylic acids is 3. The molecule has 1 atom stereocenters. The number of imide groups is 1. The van der Waals surface area contributed by atoms with E-state index in [4.69, 9.17) is 5.73 Å².